The number of nitrogens with zero attached hydrogens (tertiary/aromatic N) is 1. The van der Waals surface area contributed by atoms with Crippen LogP contribution in [0.15, 0.2) is 24.3 Å². The van der Waals surface area contributed by atoms with E-state index in [1.807, 2.05) is 17.0 Å². The highest BCUT2D eigenvalue weighted by Gasteiger charge is 2.38. The van der Waals surface area contributed by atoms with Crippen LogP contribution in [0.25, 0.3) is 0 Å². The summed E-state index contributed by atoms with van der Waals surface area (Å²) in [5.41, 5.74) is 2.53. The predicted octanol–water partition coefficient (Wildman–Crippen LogP) is 2.06. The normalized spacial score (nSPS) is 20.8. The molecular formula is C18H24N2O2. The maximum absolute atomic E-state index is 12.4. The molecular weight excluding hydrogens is 276 g/mol. The lowest BCUT2D eigenvalue weighted by Gasteiger charge is -2.44. The van der Waals surface area contributed by atoms with Gasteiger partial charge in [0.1, 0.15) is 0 Å². The van der Waals surface area contributed by atoms with Crippen molar-refractivity contribution in [3.05, 3.63) is 35.4 Å². The van der Waals surface area contributed by atoms with Gasteiger partial charge in [0.05, 0.1) is 6.42 Å². The second-order valence-corrected chi connectivity index (χ2v) is 6.82. The van der Waals surface area contributed by atoms with Gasteiger partial charge in [0.2, 0.25) is 11.8 Å². The Bertz CT molecular complexity index is 545. The fourth-order valence-electron chi connectivity index (χ4n) is 3.49. The summed E-state index contributed by atoms with van der Waals surface area (Å²) in [6.07, 6.45) is 4.11. The van der Waals surface area contributed by atoms with Gasteiger partial charge in [-0.05, 0) is 37.2 Å². The highest BCUT2D eigenvalue weighted by Crippen LogP contribution is 2.37. The van der Waals surface area contributed by atoms with Crippen LogP contribution in [0.3, 0.4) is 0 Å². The summed E-state index contributed by atoms with van der Waals surface area (Å²) in [7, 11) is 0. The van der Waals surface area contributed by atoms with Crippen LogP contribution in [0.2, 0.25) is 0 Å². The van der Waals surface area contributed by atoms with Gasteiger partial charge in [0, 0.05) is 26.1 Å². The Kier molecular flexibility index (Phi) is 4.19. The molecule has 2 fully saturated rings. The summed E-state index contributed by atoms with van der Waals surface area (Å²) in [5.74, 6) is 0.391. The molecule has 1 aromatic carbocycles. The standard InChI is InChI=1S/C18H24N2O2/c1-14-2-4-15(5-3-14)12-17(22)20-10-8-18(9-11-20)7-6-16(21)19-13-18/h2-5H,6-13H2,1H3,(H,19,21). The summed E-state index contributed by atoms with van der Waals surface area (Å²) in [6.45, 7) is 4.48. The minimum atomic E-state index is 0.170. The van der Waals surface area contributed by atoms with Crippen LogP contribution in [0.1, 0.15) is 36.8 Å². The zero-order valence-electron chi connectivity index (χ0n) is 13.2. The molecule has 0 radical (unpaired) electrons. The van der Waals surface area contributed by atoms with E-state index in [2.05, 4.69) is 24.4 Å². The third kappa shape index (κ3) is 3.32. The summed E-state index contributed by atoms with van der Waals surface area (Å²) in [5, 5.41) is 2.99. The molecule has 2 amide bonds. The fraction of sp³-hybridized carbons (Fsp3) is 0.556. The molecule has 2 aliphatic rings. The van der Waals surface area contributed by atoms with E-state index in [9.17, 15) is 9.59 Å². The van der Waals surface area contributed by atoms with Gasteiger partial charge in [-0.1, -0.05) is 29.8 Å². The lowest BCUT2D eigenvalue weighted by Crippen LogP contribution is -2.51. The molecule has 0 atom stereocenters. The molecule has 1 aromatic rings. The maximum atomic E-state index is 12.4. The molecule has 118 valence electrons. The van der Waals surface area contributed by atoms with E-state index in [4.69, 9.17) is 0 Å². The quantitative estimate of drug-likeness (QED) is 0.909. The smallest absolute Gasteiger partial charge is 0.226 e. The van der Waals surface area contributed by atoms with Gasteiger partial charge in [-0.15, -0.1) is 0 Å². The zero-order valence-corrected chi connectivity index (χ0v) is 13.2. The first-order chi connectivity index (χ1) is 10.6. The van der Waals surface area contributed by atoms with Crippen LogP contribution in [0, 0.1) is 12.3 Å². The third-order valence-corrected chi connectivity index (χ3v) is 5.20. The van der Waals surface area contributed by atoms with Gasteiger partial charge in [0.25, 0.3) is 0 Å². The molecule has 0 unspecified atom stereocenters. The van der Waals surface area contributed by atoms with E-state index >= 15 is 0 Å². The zero-order chi connectivity index (χ0) is 15.6. The number of hydrogen-bond acceptors (Lipinski definition) is 2. The number of piperidine rings is 2. The van der Waals surface area contributed by atoms with Gasteiger partial charge in [-0.3, -0.25) is 9.59 Å². The van der Waals surface area contributed by atoms with Crippen molar-refractivity contribution in [2.45, 2.75) is 39.0 Å². The fourth-order valence-corrected chi connectivity index (χ4v) is 3.49. The second-order valence-electron chi connectivity index (χ2n) is 6.82. The molecule has 4 nitrogen and oxygen atoms in total. The van der Waals surface area contributed by atoms with Gasteiger partial charge in [-0.25, -0.2) is 0 Å². The molecule has 0 bridgehead atoms. The van der Waals surface area contributed by atoms with Crippen LogP contribution in [0.5, 0.6) is 0 Å². The average Bonchev–Trinajstić information content (AvgIpc) is 2.53. The summed E-state index contributed by atoms with van der Waals surface area (Å²) >= 11 is 0. The lowest BCUT2D eigenvalue weighted by molar-refractivity contribution is -0.134. The largest absolute Gasteiger partial charge is 0.356 e. The number of carbonyl (C=O) groups is 2. The van der Waals surface area contributed by atoms with Crippen LogP contribution in [-0.2, 0) is 16.0 Å². The Balaban J connectivity index is 1.53. The van der Waals surface area contributed by atoms with Crippen molar-refractivity contribution in [3.63, 3.8) is 0 Å². The SMILES string of the molecule is Cc1ccc(CC(=O)N2CCC3(CCC(=O)NC3)CC2)cc1. The Morgan fingerprint density at radius 3 is 2.45 bits per heavy atom. The number of nitrogens with one attached hydrogen (secondary N) is 1. The Labute approximate surface area is 131 Å². The number of likely N-dealkylation sites (tertiary alicyclic amines) is 1. The molecule has 1 N–H and O–H groups in total. The van der Waals surface area contributed by atoms with E-state index in [-0.39, 0.29) is 17.2 Å². The van der Waals surface area contributed by atoms with Crippen molar-refractivity contribution in [2.24, 2.45) is 5.41 Å². The van der Waals surface area contributed by atoms with Crippen LogP contribution in [0.4, 0.5) is 0 Å². The molecule has 2 saturated heterocycles. The van der Waals surface area contributed by atoms with Gasteiger partial charge < -0.3 is 10.2 Å². The predicted molar refractivity (Wildman–Crippen MR) is 85.4 cm³/mol. The van der Waals surface area contributed by atoms with Crippen LogP contribution < -0.4 is 5.32 Å². The van der Waals surface area contributed by atoms with E-state index < -0.39 is 0 Å². The molecule has 2 heterocycles. The number of carbonyl (C=O) groups excluding carboxylic acids is 2. The van der Waals surface area contributed by atoms with Crippen molar-refractivity contribution in [2.75, 3.05) is 19.6 Å². The average molecular weight is 300 g/mol. The van der Waals surface area contributed by atoms with Crippen molar-refractivity contribution < 1.29 is 9.59 Å². The Morgan fingerprint density at radius 2 is 1.86 bits per heavy atom. The van der Waals surface area contributed by atoms with Crippen LogP contribution in [-0.4, -0.2) is 36.3 Å². The Hall–Kier alpha value is -1.84. The van der Waals surface area contributed by atoms with Crippen LogP contribution >= 0.6 is 0 Å². The third-order valence-electron chi connectivity index (χ3n) is 5.20. The summed E-state index contributed by atoms with van der Waals surface area (Å²) < 4.78 is 0. The molecule has 1 spiro atoms. The van der Waals surface area contributed by atoms with Gasteiger partial charge >= 0.3 is 0 Å². The molecule has 0 saturated carbocycles. The molecule has 2 aliphatic heterocycles. The van der Waals surface area contributed by atoms with E-state index in [0.717, 1.165) is 44.5 Å². The topological polar surface area (TPSA) is 49.4 Å². The van der Waals surface area contributed by atoms with E-state index in [0.29, 0.717) is 12.8 Å². The second kappa shape index (κ2) is 6.11. The molecule has 4 heteroatoms. The first kappa shape index (κ1) is 15.1. The van der Waals surface area contributed by atoms with E-state index in [1.165, 1.54) is 5.56 Å². The number of amides is 2. The number of rotatable bonds is 2. The van der Waals surface area contributed by atoms with Crippen molar-refractivity contribution >= 4 is 11.8 Å². The monoisotopic (exact) mass is 300 g/mol. The molecule has 22 heavy (non-hydrogen) atoms. The minimum Gasteiger partial charge on any atom is -0.356 e. The number of aryl methyl sites for hydroxylation is 1. The van der Waals surface area contributed by atoms with Crippen molar-refractivity contribution in [3.8, 4) is 0 Å². The first-order valence-electron chi connectivity index (χ1n) is 8.16. The number of benzene rings is 1. The van der Waals surface area contributed by atoms with Gasteiger partial charge in [-0.2, -0.15) is 0 Å². The lowest BCUT2D eigenvalue weighted by atomic mass is 9.73. The summed E-state index contributed by atoms with van der Waals surface area (Å²) in [6, 6.07) is 8.18. The molecule has 0 aliphatic carbocycles. The highest BCUT2D eigenvalue weighted by atomic mass is 16.2. The van der Waals surface area contributed by atoms with Crippen molar-refractivity contribution in [1.29, 1.82) is 0 Å². The molecule has 0 aromatic heterocycles. The number of hydrogen-bond donors (Lipinski definition) is 1. The Morgan fingerprint density at radius 1 is 1.18 bits per heavy atom. The minimum absolute atomic E-state index is 0.170. The van der Waals surface area contributed by atoms with E-state index in [1.54, 1.807) is 0 Å². The summed E-state index contributed by atoms with van der Waals surface area (Å²) in [4.78, 5) is 25.7. The molecule has 3 rings (SSSR count). The highest BCUT2D eigenvalue weighted by molar-refractivity contribution is 5.79. The first-order valence-corrected chi connectivity index (χ1v) is 8.16. The van der Waals surface area contributed by atoms with Gasteiger partial charge in [0.15, 0.2) is 0 Å². The maximum Gasteiger partial charge on any atom is 0.226 e. The van der Waals surface area contributed by atoms with Crippen molar-refractivity contribution in [1.82, 2.24) is 10.2 Å².